The van der Waals surface area contributed by atoms with Crippen LogP contribution in [-0.2, 0) is 13.0 Å². The number of aliphatic hydroxyl groups excluding tert-OH is 1. The minimum absolute atomic E-state index is 0.128. The molecule has 0 saturated carbocycles. The van der Waals surface area contributed by atoms with Crippen LogP contribution in [0.2, 0.25) is 0 Å². The van der Waals surface area contributed by atoms with Crippen molar-refractivity contribution in [2.75, 3.05) is 32.1 Å². The van der Waals surface area contributed by atoms with Gasteiger partial charge in [-0.15, -0.1) is 0 Å². The van der Waals surface area contributed by atoms with E-state index in [2.05, 4.69) is 43.0 Å². The molecule has 4 heteroatoms. The molecule has 1 saturated heterocycles. The van der Waals surface area contributed by atoms with Crippen LogP contribution in [0.4, 0.5) is 5.69 Å². The Morgan fingerprint density at radius 1 is 1.32 bits per heavy atom. The molecule has 0 bridgehead atoms. The SMILES string of the molecule is CCc1ccc(N2CCC(O)CC2)c(CN(C)C)n1. The van der Waals surface area contributed by atoms with Gasteiger partial charge >= 0.3 is 0 Å². The number of nitrogens with zero attached hydrogens (tertiary/aromatic N) is 3. The summed E-state index contributed by atoms with van der Waals surface area (Å²) < 4.78 is 0. The molecule has 0 spiro atoms. The zero-order chi connectivity index (χ0) is 13.8. The first-order valence-electron chi connectivity index (χ1n) is 7.16. The second kappa shape index (κ2) is 6.35. The third kappa shape index (κ3) is 3.67. The molecule has 1 fully saturated rings. The molecule has 19 heavy (non-hydrogen) atoms. The molecular weight excluding hydrogens is 238 g/mol. The highest BCUT2D eigenvalue weighted by Gasteiger charge is 2.20. The van der Waals surface area contributed by atoms with E-state index in [0.29, 0.717) is 0 Å². The predicted molar refractivity (Wildman–Crippen MR) is 78.5 cm³/mol. The summed E-state index contributed by atoms with van der Waals surface area (Å²) in [5, 5.41) is 9.62. The summed E-state index contributed by atoms with van der Waals surface area (Å²) in [5.41, 5.74) is 3.54. The van der Waals surface area contributed by atoms with Crippen LogP contribution in [0, 0.1) is 0 Å². The molecule has 1 aliphatic rings. The molecule has 0 aliphatic carbocycles. The molecule has 106 valence electrons. The highest BCUT2D eigenvalue weighted by Crippen LogP contribution is 2.24. The maximum atomic E-state index is 9.62. The monoisotopic (exact) mass is 263 g/mol. The normalized spacial score (nSPS) is 17.2. The van der Waals surface area contributed by atoms with Crippen LogP contribution in [0.15, 0.2) is 12.1 Å². The number of hydrogen-bond acceptors (Lipinski definition) is 4. The summed E-state index contributed by atoms with van der Waals surface area (Å²) >= 11 is 0. The third-order valence-electron chi connectivity index (χ3n) is 3.64. The fourth-order valence-electron chi connectivity index (χ4n) is 2.55. The summed E-state index contributed by atoms with van der Waals surface area (Å²) in [5.74, 6) is 0. The first kappa shape index (κ1) is 14.3. The van der Waals surface area contributed by atoms with Crippen molar-refractivity contribution in [3.63, 3.8) is 0 Å². The van der Waals surface area contributed by atoms with Crippen LogP contribution in [-0.4, -0.2) is 48.3 Å². The van der Waals surface area contributed by atoms with Crippen LogP contribution in [0.25, 0.3) is 0 Å². The molecule has 0 aromatic carbocycles. The smallest absolute Gasteiger partial charge is 0.0779 e. The largest absolute Gasteiger partial charge is 0.393 e. The van der Waals surface area contributed by atoms with Crippen molar-refractivity contribution in [3.05, 3.63) is 23.5 Å². The van der Waals surface area contributed by atoms with E-state index in [1.807, 2.05) is 0 Å². The molecule has 0 unspecified atom stereocenters. The Morgan fingerprint density at radius 2 is 2.00 bits per heavy atom. The minimum Gasteiger partial charge on any atom is -0.393 e. The molecule has 1 N–H and O–H groups in total. The van der Waals surface area contributed by atoms with Gasteiger partial charge in [0.1, 0.15) is 0 Å². The van der Waals surface area contributed by atoms with Gasteiger partial charge in [-0.3, -0.25) is 4.98 Å². The van der Waals surface area contributed by atoms with Gasteiger partial charge in [0.15, 0.2) is 0 Å². The first-order chi connectivity index (χ1) is 9.10. The number of aliphatic hydroxyl groups is 1. The summed E-state index contributed by atoms with van der Waals surface area (Å²) in [6, 6.07) is 4.32. The summed E-state index contributed by atoms with van der Waals surface area (Å²) in [7, 11) is 4.15. The van der Waals surface area contributed by atoms with E-state index in [1.54, 1.807) is 0 Å². The van der Waals surface area contributed by atoms with Crippen molar-refractivity contribution in [1.82, 2.24) is 9.88 Å². The molecule has 1 aromatic rings. The molecule has 1 aliphatic heterocycles. The standard InChI is InChI=1S/C15H25N3O/c1-4-12-5-6-15(14(16-12)11-17(2)3)18-9-7-13(19)8-10-18/h5-6,13,19H,4,7-11H2,1-3H3. The molecule has 2 rings (SSSR count). The number of piperidine rings is 1. The lowest BCUT2D eigenvalue weighted by atomic mass is 10.1. The van der Waals surface area contributed by atoms with E-state index < -0.39 is 0 Å². The lowest BCUT2D eigenvalue weighted by Gasteiger charge is -2.33. The van der Waals surface area contributed by atoms with Gasteiger partial charge in [0.05, 0.1) is 17.5 Å². The fraction of sp³-hybridized carbons (Fsp3) is 0.667. The van der Waals surface area contributed by atoms with E-state index >= 15 is 0 Å². The van der Waals surface area contributed by atoms with Crippen molar-refractivity contribution >= 4 is 5.69 Å². The topological polar surface area (TPSA) is 39.6 Å². The zero-order valence-corrected chi connectivity index (χ0v) is 12.3. The number of anilines is 1. The van der Waals surface area contributed by atoms with Gasteiger partial charge in [-0.25, -0.2) is 0 Å². The summed E-state index contributed by atoms with van der Waals surface area (Å²) in [6.07, 6.45) is 2.56. The van der Waals surface area contributed by atoms with E-state index in [0.717, 1.165) is 50.3 Å². The predicted octanol–water partition coefficient (Wildman–Crippen LogP) is 1.67. The van der Waals surface area contributed by atoms with Gasteiger partial charge in [0.2, 0.25) is 0 Å². The van der Waals surface area contributed by atoms with Gasteiger partial charge < -0.3 is 14.9 Å². The van der Waals surface area contributed by atoms with Gasteiger partial charge in [-0.2, -0.15) is 0 Å². The molecule has 0 radical (unpaired) electrons. The maximum Gasteiger partial charge on any atom is 0.0779 e. The van der Waals surface area contributed by atoms with E-state index in [9.17, 15) is 5.11 Å². The number of pyridine rings is 1. The third-order valence-corrected chi connectivity index (χ3v) is 3.64. The Morgan fingerprint density at radius 3 is 2.58 bits per heavy atom. The van der Waals surface area contributed by atoms with E-state index in [-0.39, 0.29) is 6.10 Å². The number of rotatable bonds is 4. The molecule has 1 aromatic heterocycles. The Kier molecular flexibility index (Phi) is 4.77. The van der Waals surface area contributed by atoms with Crippen molar-refractivity contribution in [3.8, 4) is 0 Å². The quantitative estimate of drug-likeness (QED) is 0.897. The Hall–Kier alpha value is -1.13. The summed E-state index contributed by atoms with van der Waals surface area (Å²) in [6.45, 7) is 4.85. The molecule has 2 heterocycles. The van der Waals surface area contributed by atoms with Crippen LogP contribution in [0.1, 0.15) is 31.2 Å². The second-order valence-corrected chi connectivity index (χ2v) is 5.58. The minimum atomic E-state index is -0.128. The van der Waals surface area contributed by atoms with Crippen molar-refractivity contribution in [1.29, 1.82) is 0 Å². The van der Waals surface area contributed by atoms with Gasteiger partial charge in [-0.1, -0.05) is 6.92 Å². The van der Waals surface area contributed by atoms with Gasteiger partial charge in [0.25, 0.3) is 0 Å². The van der Waals surface area contributed by atoms with Gasteiger partial charge in [-0.05, 0) is 45.5 Å². The molecular formula is C15H25N3O. The molecule has 4 nitrogen and oxygen atoms in total. The maximum absolute atomic E-state index is 9.62. The highest BCUT2D eigenvalue weighted by molar-refractivity contribution is 5.51. The summed E-state index contributed by atoms with van der Waals surface area (Å²) in [4.78, 5) is 9.30. The lowest BCUT2D eigenvalue weighted by Crippen LogP contribution is -2.36. The Bertz CT molecular complexity index is 412. The lowest BCUT2D eigenvalue weighted by molar-refractivity contribution is 0.145. The average Bonchev–Trinajstić information content (AvgIpc) is 2.39. The van der Waals surface area contributed by atoms with Crippen molar-refractivity contribution < 1.29 is 5.11 Å². The second-order valence-electron chi connectivity index (χ2n) is 5.58. The Labute approximate surface area is 116 Å². The van der Waals surface area contributed by atoms with E-state index in [4.69, 9.17) is 4.98 Å². The van der Waals surface area contributed by atoms with Crippen LogP contribution >= 0.6 is 0 Å². The van der Waals surface area contributed by atoms with Crippen molar-refractivity contribution in [2.24, 2.45) is 0 Å². The highest BCUT2D eigenvalue weighted by atomic mass is 16.3. The molecule has 0 atom stereocenters. The zero-order valence-electron chi connectivity index (χ0n) is 12.3. The van der Waals surface area contributed by atoms with E-state index in [1.165, 1.54) is 5.69 Å². The average molecular weight is 263 g/mol. The fourth-order valence-corrected chi connectivity index (χ4v) is 2.55. The number of hydrogen-bond donors (Lipinski definition) is 1. The Balaban J connectivity index is 2.22. The van der Waals surface area contributed by atoms with Crippen LogP contribution in [0.5, 0.6) is 0 Å². The number of aryl methyl sites for hydroxylation is 1. The number of aromatic nitrogens is 1. The molecule has 0 amide bonds. The van der Waals surface area contributed by atoms with Crippen LogP contribution in [0.3, 0.4) is 0 Å². The van der Waals surface area contributed by atoms with Crippen LogP contribution < -0.4 is 4.90 Å². The van der Waals surface area contributed by atoms with Gasteiger partial charge in [0, 0.05) is 25.3 Å². The van der Waals surface area contributed by atoms with Crippen molar-refractivity contribution in [2.45, 2.75) is 38.8 Å². The first-order valence-corrected chi connectivity index (χ1v) is 7.16.